The summed E-state index contributed by atoms with van der Waals surface area (Å²) in [5.74, 6) is 1.10. The maximum atomic E-state index is 12.6. The highest BCUT2D eigenvalue weighted by Crippen LogP contribution is 2.23. The van der Waals surface area contributed by atoms with Gasteiger partial charge < -0.3 is 9.64 Å². The zero-order chi connectivity index (χ0) is 19.2. The Morgan fingerprint density at radius 2 is 1.67 bits per heavy atom. The first-order chi connectivity index (χ1) is 13.1. The smallest absolute Gasteiger partial charge is 0.222 e. The third kappa shape index (κ3) is 5.33. The highest BCUT2D eigenvalue weighted by Gasteiger charge is 2.24. The van der Waals surface area contributed by atoms with E-state index in [0.29, 0.717) is 12.5 Å². The van der Waals surface area contributed by atoms with E-state index >= 15 is 0 Å². The van der Waals surface area contributed by atoms with Crippen molar-refractivity contribution in [2.45, 2.75) is 25.8 Å². The molecule has 0 spiro atoms. The third-order valence-corrected chi connectivity index (χ3v) is 5.88. The van der Waals surface area contributed by atoms with Crippen LogP contribution in [-0.2, 0) is 11.2 Å². The van der Waals surface area contributed by atoms with Crippen LogP contribution in [0.4, 0.5) is 0 Å². The maximum absolute atomic E-state index is 12.6. The van der Waals surface area contributed by atoms with E-state index in [1.165, 1.54) is 11.1 Å². The van der Waals surface area contributed by atoms with E-state index in [4.69, 9.17) is 4.74 Å². The van der Waals surface area contributed by atoms with Crippen LogP contribution >= 0.6 is 15.9 Å². The maximum Gasteiger partial charge on any atom is 0.222 e. The zero-order valence-corrected chi connectivity index (χ0v) is 17.6. The van der Waals surface area contributed by atoms with Gasteiger partial charge in [-0.1, -0.05) is 40.2 Å². The molecule has 5 heteroatoms. The topological polar surface area (TPSA) is 32.8 Å². The summed E-state index contributed by atoms with van der Waals surface area (Å²) in [6.45, 7) is 5.70. The van der Waals surface area contributed by atoms with Gasteiger partial charge in [0.2, 0.25) is 5.91 Å². The van der Waals surface area contributed by atoms with Gasteiger partial charge >= 0.3 is 0 Å². The number of hydrogen-bond acceptors (Lipinski definition) is 3. The Morgan fingerprint density at radius 3 is 2.26 bits per heavy atom. The van der Waals surface area contributed by atoms with Crippen LogP contribution in [0.15, 0.2) is 53.0 Å². The number of amides is 1. The summed E-state index contributed by atoms with van der Waals surface area (Å²) in [7, 11) is 1.66. The number of methoxy groups -OCH3 is 1. The summed E-state index contributed by atoms with van der Waals surface area (Å²) in [4.78, 5) is 17.0. The summed E-state index contributed by atoms with van der Waals surface area (Å²) in [6.07, 6.45) is 1.34. The van der Waals surface area contributed by atoms with Crippen LogP contribution in [0, 0.1) is 0 Å². The standard InChI is InChI=1S/C22H27BrN2O2/c1-17(19-6-8-20(23)9-7-19)24-13-15-25(16-14-24)22(26)12-5-18-3-10-21(27-2)11-4-18/h3-4,6-11,17H,5,12-16H2,1-2H3. The van der Waals surface area contributed by atoms with E-state index in [2.05, 4.69) is 52.0 Å². The van der Waals surface area contributed by atoms with Crippen molar-refractivity contribution in [2.24, 2.45) is 0 Å². The molecule has 1 aliphatic rings. The number of halogens is 1. The molecule has 0 bridgehead atoms. The normalized spacial score (nSPS) is 16.2. The molecule has 1 saturated heterocycles. The number of aryl methyl sites for hydroxylation is 1. The summed E-state index contributed by atoms with van der Waals surface area (Å²) in [6, 6.07) is 16.8. The number of nitrogens with zero attached hydrogens (tertiary/aromatic N) is 2. The van der Waals surface area contributed by atoms with Crippen LogP contribution in [0.2, 0.25) is 0 Å². The van der Waals surface area contributed by atoms with Crippen LogP contribution in [0.25, 0.3) is 0 Å². The molecule has 0 saturated carbocycles. The molecular weight excluding hydrogens is 404 g/mol. The van der Waals surface area contributed by atoms with Gasteiger partial charge in [-0.05, 0) is 48.7 Å². The molecule has 144 valence electrons. The van der Waals surface area contributed by atoms with E-state index in [1.54, 1.807) is 7.11 Å². The minimum absolute atomic E-state index is 0.252. The molecule has 3 rings (SSSR count). The molecule has 1 fully saturated rings. The van der Waals surface area contributed by atoms with Gasteiger partial charge in [-0.15, -0.1) is 0 Å². The number of benzene rings is 2. The number of piperazine rings is 1. The summed E-state index contributed by atoms with van der Waals surface area (Å²) < 4.78 is 6.28. The van der Waals surface area contributed by atoms with Gasteiger partial charge in [0.15, 0.2) is 0 Å². The molecule has 2 aromatic rings. The average molecular weight is 431 g/mol. The number of rotatable bonds is 6. The molecular formula is C22H27BrN2O2. The van der Waals surface area contributed by atoms with Gasteiger partial charge in [-0.3, -0.25) is 9.69 Å². The Balaban J connectivity index is 1.46. The number of carbonyl (C=O) groups is 1. The van der Waals surface area contributed by atoms with Gasteiger partial charge in [0, 0.05) is 43.1 Å². The molecule has 0 N–H and O–H groups in total. The highest BCUT2D eigenvalue weighted by molar-refractivity contribution is 9.10. The van der Waals surface area contributed by atoms with E-state index in [9.17, 15) is 4.79 Å². The largest absolute Gasteiger partial charge is 0.497 e. The van der Waals surface area contributed by atoms with Crippen LogP contribution in [0.5, 0.6) is 5.75 Å². The lowest BCUT2D eigenvalue weighted by Crippen LogP contribution is -2.49. The van der Waals surface area contributed by atoms with Crippen molar-refractivity contribution in [1.29, 1.82) is 0 Å². The van der Waals surface area contributed by atoms with Crippen molar-refractivity contribution in [1.82, 2.24) is 9.80 Å². The van der Waals surface area contributed by atoms with Gasteiger partial charge in [0.1, 0.15) is 5.75 Å². The fourth-order valence-electron chi connectivity index (χ4n) is 3.51. The Morgan fingerprint density at radius 1 is 1.04 bits per heavy atom. The minimum atomic E-state index is 0.252. The number of hydrogen-bond donors (Lipinski definition) is 0. The quantitative estimate of drug-likeness (QED) is 0.684. The van der Waals surface area contributed by atoms with Crippen molar-refractivity contribution in [3.05, 3.63) is 64.1 Å². The molecule has 0 radical (unpaired) electrons. The second-order valence-electron chi connectivity index (χ2n) is 6.99. The first-order valence-corrected chi connectivity index (χ1v) is 10.3. The van der Waals surface area contributed by atoms with Crippen LogP contribution < -0.4 is 4.74 Å². The second kappa shape index (κ2) is 9.38. The molecule has 4 nitrogen and oxygen atoms in total. The monoisotopic (exact) mass is 430 g/mol. The third-order valence-electron chi connectivity index (χ3n) is 5.35. The van der Waals surface area contributed by atoms with E-state index in [1.807, 2.05) is 29.2 Å². The molecule has 1 unspecified atom stereocenters. The van der Waals surface area contributed by atoms with Crippen molar-refractivity contribution in [2.75, 3.05) is 33.3 Å². The lowest BCUT2D eigenvalue weighted by atomic mass is 10.1. The summed E-state index contributed by atoms with van der Waals surface area (Å²) in [5, 5.41) is 0. The van der Waals surface area contributed by atoms with E-state index < -0.39 is 0 Å². The predicted molar refractivity (Wildman–Crippen MR) is 112 cm³/mol. The molecule has 2 aromatic carbocycles. The first-order valence-electron chi connectivity index (χ1n) is 9.47. The van der Waals surface area contributed by atoms with Crippen molar-refractivity contribution in [3.8, 4) is 5.75 Å². The predicted octanol–water partition coefficient (Wildman–Crippen LogP) is 4.30. The van der Waals surface area contributed by atoms with Crippen LogP contribution in [0.1, 0.15) is 30.5 Å². The van der Waals surface area contributed by atoms with Crippen LogP contribution in [0.3, 0.4) is 0 Å². The molecule has 0 aromatic heterocycles. The number of ether oxygens (including phenoxy) is 1. The SMILES string of the molecule is COc1ccc(CCC(=O)N2CCN(C(C)c3ccc(Br)cc3)CC2)cc1. The summed E-state index contributed by atoms with van der Waals surface area (Å²) in [5.41, 5.74) is 2.49. The molecule has 1 atom stereocenters. The van der Waals surface area contributed by atoms with Crippen molar-refractivity contribution < 1.29 is 9.53 Å². The Kier molecular flexibility index (Phi) is 6.91. The first kappa shape index (κ1) is 19.9. The average Bonchev–Trinajstić information content (AvgIpc) is 2.72. The van der Waals surface area contributed by atoms with Crippen molar-refractivity contribution >= 4 is 21.8 Å². The van der Waals surface area contributed by atoms with Crippen molar-refractivity contribution in [3.63, 3.8) is 0 Å². The van der Waals surface area contributed by atoms with Gasteiger partial charge in [-0.2, -0.15) is 0 Å². The second-order valence-corrected chi connectivity index (χ2v) is 7.91. The fourth-order valence-corrected chi connectivity index (χ4v) is 3.78. The Labute approximate surface area is 170 Å². The molecule has 27 heavy (non-hydrogen) atoms. The fraction of sp³-hybridized carbons (Fsp3) is 0.409. The molecule has 1 aliphatic heterocycles. The van der Waals surface area contributed by atoms with Gasteiger partial charge in [0.05, 0.1) is 7.11 Å². The van der Waals surface area contributed by atoms with E-state index in [-0.39, 0.29) is 5.91 Å². The minimum Gasteiger partial charge on any atom is -0.497 e. The molecule has 0 aliphatic carbocycles. The van der Waals surface area contributed by atoms with Gasteiger partial charge in [-0.25, -0.2) is 0 Å². The van der Waals surface area contributed by atoms with E-state index in [0.717, 1.165) is 42.8 Å². The number of carbonyl (C=O) groups excluding carboxylic acids is 1. The summed E-state index contributed by atoms with van der Waals surface area (Å²) >= 11 is 3.49. The molecule has 1 amide bonds. The zero-order valence-electron chi connectivity index (χ0n) is 16.0. The van der Waals surface area contributed by atoms with Crippen LogP contribution in [-0.4, -0.2) is 49.0 Å². The lowest BCUT2D eigenvalue weighted by molar-refractivity contribution is -0.133. The lowest BCUT2D eigenvalue weighted by Gasteiger charge is -2.38. The highest BCUT2D eigenvalue weighted by atomic mass is 79.9. The molecule has 1 heterocycles. The van der Waals surface area contributed by atoms with Gasteiger partial charge in [0.25, 0.3) is 0 Å². The Hall–Kier alpha value is -1.85. The Bertz CT molecular complexity index is 738.